The van der Waals surface area contributed by atoms with Crippen LogP contribution < -0.4 is 0 Å². The van der Waals surface area contributed by atoms with Crippen LogP contribution in [-0.4, -0.2) is 18.2 Å². The zero-order chi connectivity index (χ0) is 20.1. The first-order valence-electron chi connectivity index (χ1n) is 7.61. The minimum Gasteiger partial charge on any atom is -0.466 e. The van der Waals surface area contributed by atoms with Gasteiger partial charge in [-0.25, -0.2) is 4.79 Å². The number of hydrogen-bond acceptors (Lipinski definition) is 3. The molecule has 9 heteroatoms. The number of aliphatic hydroxyl groups is 1. The van der Waals surface area contributed by atoms with Crippen molar-refractivity contribution in [3.8, 4) is 0 Å². The Balaban J connectivity index is 0.000000314. The van der Waals surface area contributed by atoms with Gasteiger partial charge in [-0.05, 0) is 49.9 Å². The third kappa shape index (κ3) is 6.36. The molecule has 1 atom stereocenters. The number of carbonyl (C=O) groups excluding carboxylic acids is 1. The first-order chi connectivity index (χ1) is 11.9. The SMILES string of the molecule is COC(=O)C1=CCCC1.C[C@@H](O)c1cc(C(F)(F)F)cc(C(F)(F)F)c1. The van der Waals surface area contributed by atoms with E-state index >= 15 is 0 Å². The Hall–Kier alpha value is -2.03. The van der Waals surface area contributed by atoms with Crippen molar-refractivity contribution < 1.29 is 41.0 Å². The molecular formula is C17H18F6O3. The normalized spacial score (nSPS) is 15.7. The van der Waals surface area contributed by atoms with Crippen molar-refractivity contribution in [1.82, 2.24) is 0 Å². The second-order valence-electron chi connectivity index (χ2n) is 5.63. The second kappa shape index (κ2) is 8.57. The fourth-order valence-electron chi connectivity index (χ4n) is 2.21. The molecule has 0 aliphatic heterocycles. The van der Waals surface area contributed by atoms with Crippen molar-refractivity contribution in [3.63, 3.8) is 0 Å². The van der Waals surface area contributed by atoms with E-state index in [-0.39, 0.29) is 12.0 Å². The third-order valence-corrected chi connectivity index (χ3v) is 3.58. The number of carbonyl (C=O) groups is 1. The highest BCUT2D eigenvalue weighted by atomic mass is 19.4. The predicted molar refractivity (Wildman–Crippen MR) is 81.0 cm³/mol. The van der Waals surface area contributed by atoms with E-state index in [1.54, 1.807) is 0 Å². The van der Waals surface area contributed by atoms with Crippen LogP contribution in [0.2, 0.25) is 0 Å². The highest BCUT2D eigenvalue weighted by Gasteiger charge is 2.37. The van der Waals surface area contributed by atoms with Crippen molar-refractivity contribution in [3.05, 3.63) is 46.5 Å². The van der Waals surface area contributed by atoms with Crippen LogP contribution in [0.5, 0.6) is 0 Å². The Kier molecular flexibility index (Phi) is 7.25. The molecule has 26 heavy (non-hydrogen) atoms. The highest BCUT2D eigenvalue weighted by Crippen LogP contribution is 2.37. The Morgan fingerprint density at radius 1 is 1.08 bits per heavy atom. The lowest BCUT2D eigenvalue weighted by atomic mass is 10.0. The van der Waals surface area contributed by atoms with Crippen LogP contribution in [-0.2, 0) is 21.9 Å². The van der Waals surface area contributed by atoms with Gasteiger partial charge in [0.25, 0.3) is 0 Å². The molecule has 0 fully saturated rings. The van der Waals surface area contributed by atoms with E-state index in [0.29, 0.717) is 12.1 Å². The molecule has 146 valence electrons. The van der Waals surface area contributed by atoms with Crippen molar-refractivity contribution in [2.75, 3.05) is 7.11 Å². The molecule has 3 nitrogen and oxygen atoms in total. The summed E-state index contributed by atoms with van der Waals surface area (Å²) in [6, 6.07) is 1.02. The van der Waals surface area contributed by atoms with Crippen LogP contribution in [0.3, 0.4) is 0 Å². The summed E-state index contributed by atoms with van der Waals surface area (Å²) in [4.78, 5) is 10.7. The molecule has 0 heterocycles. The topological polar surface area (TPSA) is 46.5 Å². The minimum atomic E-state index is -4.88. The van der Waals surface area contributed by atoms with Crippen LogP contribution >= 0.6 is 0 Å². The van der Waals surface area contributed by atoms with E-state index in [0.717, 1.165) is 31.8 Å². The van der Waals surface area contributed by atoms with Crippen LogP contribution in [0.1, 0.15) is 49.0 Å². The Morgan fingerprint density at radius 2 is 1.58 bits per heavy atom. The average Bonchev–Trinajstić information content (AvgIpc) is 3.07. The number of benzene rings is 1. The first kappa shape index (κ1) is 22.0. The summed E-state index contributed by atoms with van der Waals surface area (Å²) in [7, 11) is 1.42. The molecule has 0 bridgehead atoms. The van der Waals surface area contributed by atoms with Crippen molar-refractivity contribution in [2.45, 2.75) is 44.6 Å². The lowest BCUT2D eigenvalue weighted by Gasteiger charge is -2.15. The van der Waals surface area contributed by atoms with Crippen LogP contribution in [0.4, 0.5) is 26.3 Å². The molecular weight excluding hydrogens is 366 g/mol. The third-order valence-electron chi connectivity index (χ3n) is 3.58. The van der Waals surface area contributed by atoms with Crippen molar-refractivity contribution >= 4 is 5.97 Å². The fraction of sp³-hybridized carbons (Fsp3) is 0.471. The molecule has 1 aliphatic rings. The summed E-state index contributed by atoms with van der Waals surface area (Å²) >= 11 is 0. The summed E-state index contributed by atoms with van der Waals surface area (Å²) in [5.41, 5.74) is -2.43. The van der Waals surface area contributed by atoms with Gasteiger partial charge in [0.05, 0.1) is 24.3 Å². The van der Waals surface area contributed by atoms with Crippen molar-refractivity contribution in [2.24, 2.45) is 0 Å². The lowest BCUT2D eigenvalue weighted by Crippen LogP contribution is -2.12. The largest absolute Gasteiger partial charge is 0.466 e. The predicted octanol–water partition coefficient (Wildman–Crippen LogP) is 5.05. The molecule has 1 aromatic rings. The van der Waals surface area contributed by atoms with Gasteiger partial charge in [0.1, 0.15) is 0 Å². The molecule has 1 aliphatic carbocycles. The van der Waals surface area contributed by atoms with Crippen LogP contribution in [0, 0.1) is 0 Å². The van der Waals surface area contributed by atoms with Gasteiger partial charge in [0.2, 0.25) is 0 Å². The molecule has 0 amide bonds. The van der Waals surface area contributed by atoms with E-state index in [1.165, 1.54) is 7.11 Å². The van der Waals surface area contributed by atoms with E-state index in [4.69, 9.17) is 5.11 Å². The number of alkyl halides is 6. The minimum absolute atomic E-state index is 0.0197. The smallest absolute Gasteiger partial charge is 0.416 e. The van der Waals surface area contributed by atoms with Gasteiger partial charge in [-0.15, -0.1) is 0 Å². The molecule has 0 saturated carbocycles. The lowest BCUT2D eigenvalue weighted by molar-refractivity contribution is -0.143. The van der Waals surface area contributed by atoms with Gasteiger partial charge in [-0.2, -0.15) is 26.3 Å². The summed E-state index contributed by atoms with van der Waals surface area (Å²) in [5, 5.41) is 9.07. The zero-order valence-electron chi connectivity index (χ0n) is 14.0. The van der Waals surface area contributed by atoms with E-state index in [9.17, 15) is 31.1 Å². The molecule has 1 N–H and O–H groups in total. The fourth-order valence-corrected chi connectivity index (χ4v) is 2.21. The van der Waals surface area contributed by atoms with Crippen LogP contribution in [0.15, 0.2) is 29.8 Å². The van der Waals surface area contributed by atoms with Gasteiger partial charge in [-0.1, -0.05) is 6.08 Å². The number of hydrogen-bond donors (Lipinski definition) is 1. The zero-order valence-corrected chi connectivity index (χ0v) is 14.0. The maximum atomic E-state index is 12.4. The molecule has 0 unspecified atom stereocenters. The van der Waals surface area contributed by atoms with Gasteiger partial charge in [0, 0.05) is 5.57 Å². The van der Waals surface area contributed by atoms with Gasteiger partial charge < -0.3 is 9.84 Å². The first-order valence-corrected chi connectivity index (χ1v) is 7.61. The number of aliphatic hydroxyl groups excluding tert-OH is 1. The number of esters is 1. The van der Waals surface area contributed by atoms with Gasteiger partial charge in [0.15, 0.2) is 0 Å². The van der Waals surface area contributed by atoms with E-state index in [1.807, 2.05) is 6.08 Å². The van der Waals surface area contributed by atoms with Crippen molar-refractivity contribution in [1.29, 1.82) is 0 Å². The highest BCUT2D eigenvalue weighted by molar-refractivity contribution is 5.88. The Morgan fingerprint density at radius 3 is 1.88 bits per heavy atom. The number of rotatable bonds is 2. The van der Waals surface area contributed by atoms with Gasteiger partial charge >= 0.3 is 18.3 Å². The monoisotopic (exact) mass is 384 g/mol. The number of allylic oxidation sites excluding steroid dienone is 1. The maximum absolute atomic E-state index is 12.4. The Labute approximate surface area is 146 Å². The molecule has 1 aromatic carbocycles. The van der Waals surface area contributed by atoms with Gasteiger partial charge in [-0.3, -0.25) is 0 Å². The van der Waals surface area contributed by atoms with E-state index < -0.39 is 35.1 Å². The molecule has 0 aromatic heterocycles. The molecule has 0 radical (unpaired) electrons. The molecule has 0 spiro atoms. The van der Waals surface area contributed by atoms with E-state index in [2.05, 4.69) is 4.74 Å². The summed E-state index contributed by atoms with van der Waals surface area (Å²) in [6.07, 6.45) is -6.19. The Bertz CT molecular complexity index is 627. The summed E-state index contributed by atoms with van der Waals surface area (Å²) in [5.74, 6) is -0.160. The quantitative estimate of drug-likeness (QED) is 0.574. The summed E-state index contributed by atoms with van der Waals surface area (Å²) in [6.45, 7) is 1.09. The average molecular weight is 384 g/mol. The number of methoxy groups -OCH3 is 1. The number of ether oxygens (including phenoxy) is 1. The standard InChI is InChI=1S/C10H8F6O.C7H10O2/c1-5(17)6-2-7(9(11,12)13)4-8(3-6)10(14,15)16;1-9-7(8)6-4-2-3-5-6/h2-5,17H,1H3;4H,2-3,5H2,1H3/t5-;/m1./s1. The summed E-state index contributed by atoms with van der Waals surface area (Å²) < 4.78 is 78.6. The molecule has 0 saturated heterocycles. The van der Waals surface area contributed by atoms with Crippen LogP contribution in [0.25, 0.3) is 0 Å². The second-order valence-corrected chi connectivity index (χ2v) is 5.63. The number of halogens is 6. The maximum Gasteiger partial charge on any atom is 0.416 e. The molecule has 2 rings (SSSR count).